The largest absolute Gasteiger partial charge is 0.392 e. The van der Waals surface area contributed by atoms with E-state index in [-0.39, 0.29) is 6.61 Å². The lowest BCUT2D eigenvalue weighted by Crippen LogP contribution is -2.29. The minimum Gasteiger partial charge on any atom is -0.392 e. The molecule has 2 fully saturated rings. The van der Waals surface area contributed by atoms with Crippen LogP contribution < -0.4 is 4.90 Å². The number of hydrogen-bond donors (Lipinski definition) is 1. The summed E-state index contributed by atoms with van der Waals surface area (Å²) < 4.78 is 0. The number of halogens is 1. The predicted octanol–water partition coefficient (Wildman–Crippen LogP) is 3.21. The molecule has 92 valence electrons. The molecule has 2 aliphatic rings. The summed E-state index contributed by atoms with van der Waals surface area (Å²) in [4.78, 5) is 2.47. The number of anilines is 1. The molecule has 2 aliphatic carbocycles. The van der Waals surface area contributed by atoms with E-state index in [1.807, 2.05) is 18.2 Å². The molecule has 3 heteroatoms. The van der Waals surface area contributed by atoms with E-state index in [2.05, 4.69) is 4.90 Å². The zero-order valence-electron chi connectivity index (χ0n) is 9.90. The number of aliphatic hydroxyl groups excluding tert-OH is 1. The van der Waals surface area contributed by atoms with E-state index in [0.717, 1.165) is 28.7 Å². The Morgan fingerprint density at radius 2 is 2.00 bits per heavy atom. The van der Waals surface area contributed by atoms with Crippen LogP contribution in [0.2, 0.25) is 5.02 Å². The van der Waals surface area contributed by atoms with Gasteiger partial charge in [0.05, 0.1) is 6.61 Å². The molecule has 0 aliphatic heterocycles. The van der Waals surface area contributed by atoms with E-state index < -0.39 is 0 Å². The van der Waals surface area contributed by atoms with Crippen LogP contribution in [0, 0.1) is 5.92 Å². The summed E-state index contributed by atoms with van der Waals surface area (Å²) in [6.07, 6.45) is 5.28. The average molecular weight is 252 g/mol. The molecule has 0 unspecified atom stereocenters. The lowest BCUT2D eigenvalue weighted by Gasteiger charge is -2.27. The number of nitrogens with zero attached hydrogens (tertiary/aromatic N) is 1. The number of hydrogen-bond acceptors (Lipinski definition) is 2. The van der Waals surface area contributed by atoms with Crippen LogP contribution in [0.3, 0.4) is 0 Å². The van der Waals surface area contributed by atoms with Gasteiger partial charge in [0.2, 0.25) is 0 Å². The van der Waals surface area contributed by atoms with Gasteiger partial charge < -0.3 is 10.0 Å². The van der Waals surface area contributed by atoms with Crippen LogP contribution in [0.15, 0.2) is 18.2 Å². The molecule has 0 aromatic heterocycles. The van der Waals surface area contributed by atoms with E-state index in [1.165, 1.54) is 25.7 Å². The van der Waals surface area contributed by atoms with Gasteiger partial charge in [-0.05, 0) is 43.7 Å². The van der Waals surface area contributed by atoms with Crippen LogP contribution in [0.1, 0.15) is 31.2 Å². The molecule has 2 nitrogen and oxygen atoms in total. The highest BCUT2D eigenvalue weighted by Gasteiger charge is 2.34. The first kappa shape index (κ1) is 11.4. The Balaban J connectivity index is 1.89. The normalized spacial score (nSPS) is 19.4. The molecule has 2 saturated carbocycles. The Kier molecular flexibility index (Phi) is 3.01. The molecule has 1 aromatic carbocycles. The second kappa shape index (κ2) is 4.51. The van der Waals surface area contributed by atoms with E-state index in [4.69, 9.17) is 11.6 Å². The summed E-state index contributed by atoms with van der Waals surface area (Å²) >= 11 is 6.09. The van der Waals surface area contributed by atoms with Crippen molar-refractivity contribution in [2.45, 2.75) is 38.3 Å². The van der Waals surface area contributed by atoms with Crippen molar-refractivity contribution in [2.75, 3.05) is 11.4 Å². The minimum absolute atomic E-state index is 0.0976. The Morgan fingerprint density at radius 3 is 2.59 bits per heavy atom. The minimum atomic E-state index is 0.0976. The molecule has 3 rings (SSSR count). The molecular formula is C14H18ClNO. The highest BCUT2D eigenvalue weighted by Crippen LogP contribution is 2.39. The molecule has 0 saturated heterocycles. The molecule has 0 spiro atoms. The second-order valence-corrected chi connectivity index (χ2v) is 5.69. The van der Waals surface area contributed by atoms with Gasteiger partial charge >= 0.3 is 0 Å². The standard InChI is InChI=1S/C14H18ClNO/c15-12-4-3-11(9-17)14(7-12)16(13-5-6-13)8-10-1-2-10/h3-4,7,10,13,17H,1-2,5-6,8-9H2. The third kappa shape index (κ3) is 2.58. The first-order chi connectivity index (χ1) is 8.28. The van der Waals surface area contributed by atoms with Gasteiger partial charge in [0.1, 0.15) is 0 Å². The Labute approximate surface area is 107 Å². The summed E-state index contributed by atoms with van der Waals surface area (Å²) in [6, 6.07) is 6.49. The molecule has 0 radical (unpaired) electrons. The molecule has 0 atom stereocenters. The summed E-state index contributed by atoms with van der Waals surface area (Å²) in [6.45, 7) is 1.23. The van der Waals surface area contributed by atoms with Gasteiger partial charge in [0, 0.05) is 28.9 Å². The zero-order chi connectivity index (χ0) is 11.8. The highest BCUT2D eigenvalue weighted by molar-refractivity contribution is 6.30. The SMILES string of the molecule is OCc1ccc(Cl)cc1N(CC1CC1)C1CC1. The van der Waals surface area contributed by atoms with Gasteiger partial charge in [0.25, 0.3) is 0 Å². The lowest BCUT2D eigenvalue weighted by atomic mass is 10.1. The highest BCUT2D eigenvalue weighted by atomic mass is 35.5. The Bertz CT molecular complexity index is 413. The number of rotatable bonds is 5. The smallest absolute Gasteiger partial charge is 0.0702 e. The molecule has 0 bridgehead atoms. The quantitative estimate of drug-likeness (QED) is 0.869. The third-order valence-corrected chi connectivity index (χ3v) is 3.90. The van der Waals surface area contributed by atoms with Crippen LogP contribution in [-0.4, -0.2) is 17.7 Å². The maximum Gasteiger partial charge on any atom is 0.0702 e. The van der Waals surface area contributed by atoms with Crippen molar-refractivity contribution < 1.29 is 5.11 Å². The van der Waals surface area contributed by atoms with Crippen molar-refractivity contribution in [3.8, 4) is 0 Å². The summed E-state index contributed by atoms with van der Waals surface area (Å²) in [5.41, 5.74) is 2.15. The predicted molar refractivity (Wildman–Crippen MR) is 70.5 cm³/mol. The van der Waals surface area contributed by atoms with Gasteiger partial charge in [-0.3, -0.25) is 0 Å². The number of benzene rings is 1. The van der Waals surface area contributed by atoms with Crippen molar-refractivity contribution in [3.63, 3.8) is 0 Å². The summed E-state index contributed by atoms with van der Waals surface area (Å²) in [7, 11) is 0. The zero-order valence-corrected chi connectivity index (χ0v) is 10.7. The Hall–Kier alpha value is -0.730. The molecular weight excluding hydrogens is 234 g/mol. The van der Waals surface area contributed by atoms with Crippen molar-refractivity contribution in [1.82, 2.24) is 0 Å². The van der Waals surface area contributed by atoms with Gasteiger partial charge in [-0.1, -0.05) is 17.7 Å². The van der Waals surface area contributed by atoms with Crippen molar-refractivity contribution in [1.29, 1.82) is 0 Å². The van der Waals surface area contributed by atoms with Gasteiger partial charge in [-0.2, -0.15) is 0 Å². The van der Waals surface area contributed by atoms with Gasteiger partial charge in [-0.25, -0.2) is 0 Å². The van der Waals surface area contributed by atoms with Crippen LogP contribution in [0.4, 0.5) is 5.69 Å². The van der Waals surface area contributed by atoms with E-state index in [1.54, 1.807) is 0 Å². The average Bonchev–Trinajstić information content (AvgIpc) is 3.17. The van der Waals surface area contributed by atoms with Crippen LogP contribution in [-0.2, 0) is 6.61 Å². The fraction of sp³-hybridized carbons (Fsp3) is 0.571. The third-order valence-electron chi connectivity index (χ3n) is 3.67. The first-order valence-corrected chi connectivity index (χ1v) is 6.81. The van der Waals surface area contributed by atoms with Crippen molar-refractivity contribution in [2.24, 2.45) is 5.92 Å². The van der Waals surface area contributed by atoms with E-state index in [9.17, 15) is 5.11 Å². The molecule has 1 N–H and O–H groups in total. The molecule has 0 amide bonds. The summed E-state index contributed by atoms with van der Waals surface area (Å²) in [5, 5.41) is 10.2. The fourth-order valence-electron chi connectivity index (χ4n) is 2.35. The topological polar surface area (TPSA) is 23.5 Å². The van der Waals surface area contributed by atoms with E-state index >= 15 is 0 Å². The van der Waals surface area contributed by atoms with Crippen molar-refractivity contribution >= 4 is 17.3 Å². The summed E-state index contributed by atoms with van der Waals surface area (Å²) in [5.74, 6) is 0.862. The fourth-order valence-corrected chi connectivity index (χ4v) is 2.51. The maximum atomic E-state index is 9.44. The van der Waals surface area contributed by atoms with Crippen LogP contribution in [0.25, 0.3) is 0 Å². The second-order valence-electron chi connectivity index (χ2n) is 5.26. The molecule has 0 heterocycles. The van der Waals surface area contributed by atoms with Crippen LogP contribution in [0.5, 0.6) is 0 Å². The molecule has 1 aromatic rings. The van der Waals surface area contributed by atoms with Gasteiger partial charge in [0.15, 0.2) is 0 Å². The lowest BCUT2D eigenvalue weighted by molar-refractivity contribution is 0.282. The van der Waals surface area contributed by atoms with Gasteiger partial charge in [-0.15, -0.1) is 0 Å². The monoisotopic (exact) mass is 251 g/mol. The van der Waals surface area contributed by atoms with Crippen LogP contribution >= 0.6 is 11.6 Å². The van der Waals surface area contributed by atoms with Crippen molar-refractivity contribution in [3.05, 3.63) is 28.8 Å². The first-order valence-electron chi connectivity index (χ1n) is 6.44. The molecule has 17 heavy (non-hydrogen) atoms. The maximum absolute atomic E-state index is 9.44. The Morgan fingerprint density at radius 1 is 1.24 bits per heavy atom. The van der Waals surface area contributed by atoms with E-state index in [0.29, 0.717) is 6.04 Å². The number of aliphatic hydroxyl groups is 1.